The number of fused-ring (bicyclic) bond motifs is 1. The highest BCUT2D eigenvalue weighted by Gasteiger charge is 2.21. The van der Waals surface area contributed by atoms with Gasteiger partial charge in [0.1, 0.15) is 17.2 Å². The molecule has 138 valence electrons. The van der Waals surface area contributed by atoms with Crippen molar-refractivity contribution in [3.8, 4) is 11.3 Å². The molecule has 7 heteroatoms. The number of hydrogen-bond donors (Lipinski definition) is 1. The van der Waals surface area contributed by atoms with E-state index >= 15 is 0 Å². The van der Waals surface area contributed by atoms with Crippen LogP contribution in [-0.4, -0.2) is 25.1 Å². The summed E-state index contributed by atoms with van der Waals surface area (Å²) in [6, 6.07) is 3.13. The molecule has 0 bridgehead atoms. The third kappa shape index (κ3) is 3.76. The first-order valence-corrected chi connectivity index (χ1v) is 8.66. The average molecular weight is 357 g/mol. The number of rotatable bonds is 4. The Morgan fingerprint density at radius 3 is 2.62 bits per heavy atom. The van der Waals surface area contributed by atoms with Gasteiger partial charge in [-0.2, -0.15) is 5.10 Å². The third-order valence-corrected chi connectivity index (χ3v) is 3.94. The van der Waals surface area contributed by atoms with Crippen molar-refractivity contribution in [2.45, 2.75) is 47.1 Å². The minimum atomic E-state index is -0.375. The van der Waals surface area contributed by atoms with Crippen LogP contribution in [0.5, 0.6) is 0 Å². The van der Waals surface area contributed by atoms with Crippen molar-refractivity contribution < 1.29 is 9.18 Å². The monoisotopic (exact) mass is 357 g/mol. The first-order chi connectivity index (χ1) is 12.1. The number of imidazole rings is 1. The van der Waals surface area contributed by atoms with E-state index in [0.717, 1.165) is 5.56 Å². The molecule has 0 aliphatic carbocycles. The SMILES string of the molecule is CC(C)n1cc(-c2c(NC(=O)CC(C)(C)C)nc3ccc(F)cn23)cn1. The predicted molar refractivity (Wildman–Crippen MR) is 99.5 cm³/mol. The summed E-state index contributed by atoms with van der Waals surface area (Å²) >= 11 is 0. The Labute approximate surface area is 152 Å². The summed E-state index contributed by atoms with van der Waals surface area (Å²) in [5.41, 5.74) is 1.80. The Morgan fingerprint density at radius 1 is 1.27 bits per heavy atom. The van der Waals surface area contributed by atoms with Gasteiger partial charge in [-0.1, -0.05) is 20.8 Å². The fourth-order valence-corrected chi connectivity index (χ4v) is 2.78. The number of pyridine rings is 1. The van der Waals surface area contributed by atoms with E-state index in [2.05, 4.69) is 15.4 Å². The van der Waals surface area contributed by atoms with E-state index in [1.54, 1.807) is 16.7 Å². The van der Waals surface area contributed by atoms with Crippen LogP contribution in [0.3, 0.4) is 0 Å². The van der Waals surface area contributed by atoms with Crippen LogP contribution in [0.25, 0.3) is 16.9 Å². The Bertz CT molecular complexity index is 949. The van der Waals surface area contributed by atoms with Gasteiger partial charge in [0.05, 0.1) is 6.20 Å². The third-order valence-electron chi connectivity index (χ3n) is 3.94. The van der Waals surface area contributed by atoms with Crippen molar-refractivity contribution in [2.75, 3.05) is 5.32 Å². The van der Waals surface area contributed by atoms with Crippen LogP contribution in [0.1, 0.15) is 47.1 Å². The number of aromatic nitrogens is 4. The number of hydrogen-bond acceptors (Lipinski definition) is 3. The molecule has 0 fully saturated rings. The second-order valence-electron chi connectivity index (χ2n) is 7.97. The van der Waals surface area contributed by atoms with Gasteiger partial charge in [0.2, 0.25) is 5.91 Å². The van der Waals surface area contributed by atoms with Crippen molar-refractivity contribution in [3.05, 3.63) is 36.5 Å². The van der Waals surface area contributed by atoms with Gasteiger partial charge >= 0.3 is 0 Å². The number of anilines is 1. The van der Waals surface area contributed by atoms with Crippen LogP contribution in [-0.2, 0) is 4.79 Å². The maximum atomic E-state index is 13.8. The number of carbonyl (C=O) groups is 1. The topological polar surface area (TPSA) is 64.2 Å². The van der Waals surface area contributed by atoms with E-state index < -0.39 is 0 Å². The van der Waals surface area contributed by atoms with E-state index in [-0.39, 0.29) is 23.2 Å². The quantitative estimate of drug-likeness (QED) is 0.757. The van der Waals surface area contributed by atoms with Gasteiger partial charge in [0.25, 0.3) is 0 Å². The molecule has 0 radical (unpaired) electrons. The van der Waals surface area contributed by atoms with Gasteiger partial charge < -0.3 is 5.32 Å². The van der Waals surface area contributed by atoms with E-state index in [1.807, 2.05) is 45.5 Å². The highest BCUT2D eigenvalue weighted by atomic mass is 19.1. The van der Waals surface area contributed by atoms with Gasteiger partial charge in [0.15, 0.2) is 5.82 Å². The summed E-state index contributed by atoms with van der Waals surface area (Å²) in [4.78, 5) is 16.9. The molecule has 0 unspecified atom stereocenters. The molecular formula is C19H24FN5O. The molecule has 0 saturated heterocycles. The lowest BCUT2D eigenvalue weighted by Gasteiger charge is -2.17. The fraction of sp³-hybridized carbons (Fsp3) is 0.421. The minimum absolute atomic E-state index is 0.126. The minimum Gasteiger partial charge on any atom is -0.309 e. The van der Waals surface area contributed by atoms with Crippen LogP contribution in [0, 0.1) is 11.2 Å². The molecule has 0 aliphatic rings. The van der Waals surface area contributed by atoms with Crippen LogP contribution in [0.15, 0.2) is 30.7 Å². The lowest BCUT2D eigenvalue weighted by atomic mass is 9.92. The van der Waals surface area contributed by atoms with E-state index in [0.29, 0.717) is 23.6 Å². The van der Waals surface area contributed by atoms with Crippen LogP contribution < -0.4 is 5.32 Å². The Kier molecular flexibility index (Phi) is 4.56. The standard InChI is InChI=1S/C19H24FN5O/c1-12(2)25-10-13(9-21-25)17-18(23-16(26)8-19(3,4)5)22-15-7-6-14(20)11-24(15)17/h6-7,9-12H,8H2,1-5H3,(H,23,26). The van der Waals surface area contributed by atoms with Crippen LogP contribution in [0.4, 0.5) is 10.2 Å². The Hall–Kier alpha value is -2.70. The highest BCUT2D eigenvalue weighted by Crippen LogP contribution is 2.30. The number of carbonyl (C=O) groups excluding carboxylic acids is 1. The molecule has 0 saturated carbocycles. The highest BCUT2D eigenvalue weighted by molar-refractivity contribution is 5.94. The number of nitrogens with zero attached hydrogens (tertiary/aromatic N) is 4. The summed E-state index contributed by atoms with van der Waals surface area (Å²) in [5, 5.41) is 7.23. The molecule has 3 heterocycles. The average Bonchev–Trinajstić information content (AvgIpc) is 3.08. The summed E-state index contributed by atoms with van der Waals surface area (Å²) in [5.74, 6) is -0.0907. The molecule has 0 aliphatic heterocycles. The smallest absolute Gasteiger partial charge is 0.226 e. The second-order valence-corrected chi connectivity index (χ2v) is 7.97. The van der Waals surface area contributed by atoms with Gasteiger partial charge in [-0.15, -0.1) is 0 Å². The molecular weight excluding hydrogens is 333 g/mol. The molecule has 3 rings (SSSR count). The Balaban J connectivity index is 2.08. The summed E-state index contributed by atoms with van der Waals surface area (Å²) in [6.07, 6.45) is 5.30. The normalized spacial score (nSPS) is 12.1. The van der Waals surface area contributed by atoms with Crippen molar-refractivity contribution in [3.63, 3.8) is 0 Å². The second kappa shape index (κ2) is 6.55. The van der Waals surface area contributed by atoms with E-state index in [1.165, 1.54) is 12.3 Å². The van der Waals surface area contributed by atoms with Gasteiger partial charge in [-0.25, -0.2) is 9.37 Å². The molecule has 1 N–H and O–H groups in total. The maximum absolute atomic E-state index is 13.8. The predicted octanol–water partition coefficient (Wildman–Crippen LogP) is 4.29. The lowest BCUT2D eigenvalue weighted by Crippen LogP contribution is -2.20. The van der Waals surface area contributed by atoms with Crippen LogP contribution >= 0.6 is 0 Å². The van der Waals surface area contributed by atoms with Crippen molar-refractivity contribution in [1.29, 1.82) is 0 Å². The maximum Gasteiger partial charge on any atom is 0.226 e. The largest absolute Gasteiger partial charge is 0.309 e. The number of halogens is 1. The molecule has 0 aromatic carbocycles. The summed E-state index contributed by atoms with van der Waals surface area (Å²) in [7, 11) is 0. The van der Waals surface area contributed by atoms with Crippen molar-refractivity contribution in [2.24, 2.45) is 5.41 Å². The van der Waals surface area contributed by atoms with Crippen molar-refractivity contribution in [1.82, 2.24) is 19.2 Å². The van der Waals surface area contributed by atoms with E-state index in [4.69, 9.17) is 0 Å². The molecule has 3 aromatic rings. The molecule has 1 amide bonds. The zero-order chi connectivity index (χ0) is 19.1. The zero-order valence-corrected chi connectivity index (χ0v) is 15.7. The van der Waals surface area contributed by atoms with E-state index in [9.17, 15) is 9.18 Å². The molecule has 3 aromatic heterocycles. The first kappa shape index (κ1) is 18.1. The van der Waals surface area contributed by atoms with Crippen LogP contribution in [0.2, 0.25) is 0 Å². The lowest BCUT2D eigenvalue weighted by molar-refractivity contribution is -0.117. The Morgan fingerprint density at radius 2 is 2.00 bits per heavy atom. The summed E-state index contributed by atoms with van der Waals surface area (Å²) in [6.45, 7) is 10.0. The first-order valence-electron chi connectivity index (χ1n) is 8.66. The van der Waals surface area contributed by atoms with Gasteiger partial charge in [-0.05, 0) is 31.4 Å². The molecule has 26 heavy (non-hydrogen) atoms. The number of nitrogens with one attached hydrogen (secondary N) is 1. The van der Waals surface area contributed by atoms with Gasteiger partial charge in [-0.3, -0.25) is 13.9 Å². The molecule has 0 spiro atoms. The van der Waals surface area contributed by atoms with Crippen molar-refractivity contribution >= 4 is 17.4 Å². The summed E-state index contributed by atoms with van der Waals surface area (Å²) < 4.78 is 17.3. The zero-order valence-electron chi connectivity index (χ0n) is 15.7. The van der Waals surface area contributed by atoms with Gasteiger partial charge in [0, 0.05) is 30.4 Å². The molecule has 6 nitrogen and oxygen atoms in total. The molecule has 0 atom stereocenters. The number of amides is 1. The fourth-order valence-electron chi connectivity index (χ4n) is 2.78.